The highest BCUT2D eigenvalue weighted by Gasteiger charge is 2.33. The number of hydrogen-bond acceptors (Lipinski definition) is 1. The minimum atomic E-state index is -4.90. The zero-order chi connectivity index (χ0) is 22.7. The van der Waals surface area contributed by atoms with Gasteiger partial charge in [0, 0.05) is 0 Å². The van der Waals surface area contributed by atoms with Crippen LogP contribution < -0.4 is 4.74 Å². The SMILES string of the molecule is CCCCC1CCC(c2ccc(C3=CCc4cc(OC(F)(F)F)c(F)cc4C3)cc2)CC1. The Balaban J connectivity index is 1.40. The van der Waals surface area contributed by atoms with Crippen LogP contribution in [0.4, 0.5) is 17.6 Å². The summed E-state index contributed by atoms with van der Waals surface area (Å²) in [6.07, 6.45) is 7.20. The molecule has 32 heavy (non-hydrogen) atoms. The van der Waals surface area contributed by atoms with Crippen molar-refractivity contribution in [3.63, 3.8) is 0 Å². The van der Waals surface area contributed by atoms with Crippen molar-refractivity contribution in [3.8, 4) is 5.75 Å². The molecular formula is C27H30F4O. The second-order valence-corrected chi connectivity index (χ2v) is 9.19. The summed E-state index contributed by atoms with van der Waals surface area (Å²) < 4.78 is 55.4. The summed E-state index contributed by atoms with van der Waals surface area (Å²) in [5.41, 5.74) is 4.94. The number of benzene rings is 2. The maximum Gasteiger partial charge on any atom is 0.573 e. The first kappa shape index (κ1) is 22.9. The normalized spacial score (nSPS) is 21.1. The Labute approximate surface area is 187 Å². The molecule has 0 heterocycles. The number of alkyl halides is 3. The van der Waals surface area contributed by atoms with Crippen molar-refractivity contribution in [1.82, 2.24) is 0 Å². The molecule has 172 valence electrons. The number of halogens is 4. The van der Waals surface area contributed by atoms with Crippen LogP contribution in [-0.2, 0) is 12.8 Å². The maximum absolute atomic E-state index is 14.1. The molecule has 0 unspecified atom stereocenters. The van der Waals surface area contributed by atoms with Crippen molar-refractivity contribution in [1.29, 1.82) is 0 Å². The van der Waals surface area contributed by atoms with Gasteiger partial charge in [-0.25, -0.2) is 4.39 Å². The van der Waals surface area contributed by atoms with Crippen LogP contribution in [0.3, 0.4) is 0 Å². The first-order valence-corrected chi connectivity index (χ1v) is 11.7. The van der Waals surface area contributed by atoms with E-state index in [2.05, 4.69) is 35.9 Å². The molecule has 4 rings (SSSR count). The molecule has 0 amide bonds. The molecule has 5 heteroatoms. The summed E-state index contributed by atoms with van der Waals surface area (Å²) in [7, 11) is 0. The topological polar surface area (TPSA) is 9.23 Å². The number of hydrogen-bond donors (Lipinski definition) is 0. The summed E-state index contributed by atoms with van der Waals surface area (Å²) >= 11 is 0. The summed E-state index contributed by atoms with van der Waals surface area (Å²) in [6.45, 7) is 2.25. The fourth-order valence-electron chi connectivity index (χ4n) is 5.17. The van der Waals surface area contributed by atoms with Crippen LogP contribution in [0.25, 0.3) is 5.57 Å². The van der Waals surface area contributed by atoms with Gasteiger partial charge < -0.3 is 4.74 Å². The fourth-order valence-corrected chi connectivity index (χ4v) is 5.17. The summed E-state index contributed by atoms with van der Waals surface area (Å²) in [5.74, 6) is -0.224. The van der Waals surface area contributed by atoms with Crippen molar-refractivity contribution < 1.29 is 22.3 Å². The van der Waals surface area contributed by atoms with Crippen molar-refractivity contribution in [2.75, 3.05) is 0 Å². The zero-order valence-electron chi connectivity index (χ0n) is 18.5. The minimum Gasteiger partial charge on any atom is -0.403 e. The molecule has 2 aliphatic carbocycles. The largest absolute Gasteiger partial charge is 0.573 e. The number of ether oxygens (including phenoxy) is 1. The Kier molecular flexibility index (Phi) is 6.92. The molecule has 0 radical (unpaired) electrons. The number of fused-ring (bicyclic) bond motifs is 1. The third-order valence-corrected chi connectivity index (χ3v) is 6.99. The average Bonchev–Trinajstić information content (AvgIpc) is 2.77. The third-order valence-electron chi connectivity index (χ3n) is 6.99. The lowest BCUT2D eigenvalue weighted by Gasteiger charge is -2.29. The smallest absolute Gasteiger partial charge is 0.403 e. The molecule has 0 N–H and O–H groups in total. The van der Waals surface area contributed by atoms with Gasteiger partial charge in [-0.05, 0) is 90.3 Å². The lowest BCUT2D eigenvalue weighted by molar-refractivity contribution is -0.275. The van der Waals surface area contributed by atoms with Gasteiger partial charge in [0.25, 0.3) is 0 Å². The predicted molar refractivity (Wildman–Crippen MR) is 119 cm³/mol. The fraction of sp³-hybridized carbons (Fsp3) is 0.481. The lowest BCUT2D eigenvalue weighted by atomic mass is 9.77. The molecule has 0 atom stereocenters. The minimum absolute atomic E-state index is 0.461. The van der Waals surface area contributed by atoms with Crippen LogP contribution in [0.2, 0.25) is 0 Å². The molecule has 2 aromatic carbocycles. The molecule has 0 saturated heterocycles. The van der Waals surface area contributed by atoms with Crippen LogP contribution in [0.5, 0.6) is 5.75 Å². The van der Waals surface area contributed by atoms with Gasteiger partial charge in [-0.15, -0.1) is 13.2 Å². The Morgan fingerprint density at radius 3 is 2.34 bits per heavy atom. The first-order valence-electron chi connectivity index (χ1n) is 11.7. The van der Waals surface area contributed by atoms with Gasteiger partial charge in [-0.2, -0.15) is 0 Å². The third kappa shape index (κ3) is 5.54. The van der Waals surface area contributed by atoms with E-state index in [0.29, 0.717) is 29.9 Å². The van der Waals surface area contributed by atoms with E-state index in [1.807, 2.05) is 6.08 Å². The molecule has 2 aromatic rings. The second-order valence-electron chi connectivity index (χ2n) is 9.19. The number of allylic oxidation sites excluding steroid dienone is 2. The maximum atomic E-state index is 14.1. The molecule has 2 aliphatic rings. The molecule has 0 spiro atoms. The molecule has 1 saturated carbocycles. The molecule has 1 fully saturated rings. The average molecular weight is 447 g/mol. The highest BCUT2D eigenvalue weighted by Crippen LogP contribution is 2.39. The van der Waals surface area contributed by atoms with E-state index in [4.69, 9.17) is 0 Å². The van der Waals surface area contributed by atoms with Gasteiger partial charge in [-0.3, -0.25) is 0 Å². The first-order chi connectivity index (χ1) is 15.3. The zero-order valence-corrected chi connectivity index (χ0v) is 18.5. The van der Waals surface area contributed by atoms with Gasteiger partial charge in [0.15, 0.2) is 11.6 Å². The van der Waals surface area contributed by atoms with Gasteiger partial charge in [0.05, 0.1) is 0 Å². The number of rotatable bonds is 6. The Bertz CT molecular complexity index is 951. The van der Waals surface area contributed by atoms with Crippen molar-refractivity contribution in [2.24, 2.45) is 5.92 Å². The quantitative estimate of drug-likeness (QED) is 0.405. The van der Waals surface area contributed by atoms with Gasteiger partial charge in [-0.1, -0.05) is 56.5 Å². The van der Waals surface area contributed by atoms with E-state index in [9.17, 15) is 17.6 Å². The van der Waals surface area contributed by atoms with Crippen LogP contribution >= 0.6 is 0 Å². The van der Waals surface area contributed by atoms with E-state index in [0.717, 1.165) is 17.1 Å². The van der Waals surface area contributed by atoms with Crippen LogP contribution in [0, 0.1) is 11.7 Å². The van der Waals surface area contributed by atoms with Crippen LogP contribution in [0.1, 0.15) is 80.0 Å². The van der Waals surface area contributed by atoms with Gasteiger partial charge >= 0.3 is 6.36 Å². The highest BCUT2D eigenvalue weighted by molar-refractivity contribution is 5.71. The van der Waals surface area contributed by atoms with Crippen molar-refractivity contribution in [2.45, 2.75) is 77.0 Å². The van der Waals surface area contributed by atoms with E-state index < -0.39 is 17.9 Å². The Hall–Kier alpha value is -2.30. The molecule has 0 bridgehead atoms. The van der Waals surface area contributed by atoms with Crippen LogP contribution in [0.15, 0.2) is 42.5 Å². The van der Waals surface area contributed by atoms with E-state index in [1.54, 1.807) is 0 Å². The molecular weight excluding hydrogens is 416 g/mol. The van der Waals surface area contributed by atoms with Crippen molar-refractivity contribution >= 4 is 5.57 Å². The molecule has 1 nitrogen and oxygen atoms in total. The van der Waals surface area contributed by atoms with Gasteiger partial charge in [0.1, 0.15) is 0 Å². The van der Waals surface area contributed by atoms with E-state index in [1.165, 1.54) is 62.6 Å². The predicted octanol–water partition coefficient (Wildman–Crippen LogP) is 8.37. The summed E-state index contributed by atoms with van der Waals surface area (Å²) in [6, 6.07) is 11.0. The summed E-state index contributed by atoms with van der Waals surface area (Å²) in [4.78, 5) is 0. The summed E-state index contributed by atoms with van der Waals surface area (Å²) in [5, 5.41) is 0. The molecule has 0 aromatic heterocycles. The Morgan fingerprint density at radius 1 is 0.969 bits per heavy atom. The lowest BCUT2D eigenvalue weighted by Crippen LogP contribution is -2.18. The monoisotopic (exact) mass is 446 g/mol. The molecule has 0 aliphatic heterocycles. The number of unbranched alkanes of at least 4 members (excludes halogenated alkanes) is 1. The van der Waals surface area contributed by atoms with E-state index >= 15 is 0 Å². The van der Waals surface area contributed by atoms with Crippen LogP contribution in [-0.4, -0.2) is 6.36 Å². The van der Waals surface area contributed by atoms with E-state index in [-0.39, 0.29) is 0 Å². The highest BCUT2D eigenvalue weighted by atomic mass is 19.4. The van der Waals surface area contributed by atoms with Gasteiger partial charge in [0.2, 0.25) is 0 Å². The Morgan fingerprint density at radius 2 is 1.69 bits per heavy atom. The second kappa shape index (κ2) is 9.68. The standard InChI is InChI=1S/C27H30F4O/c1-2-3-4-18-5-7-19(8-6-18)20-9-11-21(12-10-20)22-13-14-23-17-26(32-27(29,30)31)25(28)16-24(23)15-22/h9-13,16-19H,2-8,14-15H2,1H3. The van der Waals surface area contributed by atoms with Crippen molar-refractivity contribution in [3.05, 3.63) is 70.5 Å².